The third kappa shape index (κ3) is 2.66. The molecule has 110 valence electrons. The molecule has 1 aliphatic carbocycles. The quantitative estimate of drug-likeness (QED) is 0.578. The van der Waals surface area contributed by atoms with Crippen molar-refractivity contribution < 1.29 is 22.4 Å². The molecular formula is C14H10F4N2O. The predicted molar refractivity (Wildman–Crippen MR) is 66.7 cm³/mol. The van der Waals surface area contributed by atoms with Crippen molar-refractivity contribution in [2.24, 2.45) is 5.92 Å². The first-order chi connectivity index (χ1) is 9.86. The molecule has 2 amide bonds. The molecule has 1 atom stereocenters. The number of hydrogen-bond donors (Lipinski definition) is 1. The van der Waals surface area contributed by atoms with Crippen LogP contribution in [0.5, 0.6) is 0 Å². The van der Waals surface area contributed by atoms with Gasteiger partial charge in [0.05, 0.1) is 5.69 Å². The van der Waals surface area contributed by atoms with Crippen LogP contribution >= 0.6 is 0 Å². The lowest BCUT2D eigenvalue weighted by Gasteiger charge is -2.32. The minimum absolute atomic E-state index is 0.0318. The third-order valence-electron chi connectivity index (χ3n) is 3.30. The summed E-state index contributed by atoms with van der Waals surface area (Å²) in [5.74, 6) is 2.19. The van der Waals surface area contributed by atoms with Gasteiger partial charge < -0.3 is 5.32 Å². The first kappa shape index (κ1) is 13.7. The molecule has 1 heterocycles. The zero-order valence-electron chi connectivity index (χ0n) is 10.7. The number of fused-ring (bicyclic) bond motifs is 1. The summed E-state index contributed by atoms with van der Waals surface area (Å²) in [5, 5.41) is 1.83. The number of nitrogens with zero attached hydrogens (tertiary/aromatic N) is 1. The number of halogens is 4. The Morgan fingerprint density at radius 3 is 2.62 bits per heavy atom. The van der Waals surface area contributed by atoms with Crippen molar-refractivity contribution in [3.05, 3.63) is 29.6 Å². The van der Waals surface area contributed by atoms with Gasteiger partial charge >= 0.3 is 12.2 Å². The lowest BCUT2D eigenvalue weighted by molar-refractivity contribution is -0.155. The number of anilines is 1. The summed E-state index contributed by atoms with van der Waals surface area (Å²) in [6.07, 6.45) is -2.86. The van der Waals surface area contributed by atoms with Crippen LogP contribution in [0.1, 0.15) is 24.4 Å². The number of benzene rings is 1. The average molecular weight is 298 g/mol. The highest BCUT2D eigenvalue weighted by molar-refractivity contribution is 5.98. The number of alkyl halides is 3. The normalized spacial score (nSPS) is 21.2. The molecule has 1 aromatic carbocycles. The van der Waals surface area contributed by atoms with E-state index in [1.165, 1.54) is 0 Å². The van der Waals surface area contributed by atoms with Crippen LogP contribution in [0.25, 0.3) is 0 Å². The average Bonchev–Trinajstić information content (AvgIpc) is 3.20. The highest BCUT2D eigenvalue weighted by Gasteiger charge is 2.47. The number of carbonyl (C=O) groups is 1. The Balaban J connectivity index is 2.06. The van der Waals surface area contributed by atoms with Crippen molar-refractivity contribution in [1.29, 1.82) is 0 Å². The molecule has 0 saturated heterocycles. The van der Waals surface area contributed by atoms with Crippen molar-refractivity contribution in [2.45, 2.75) is 25.1 Å². The van der Waals surface area contributed by atoms with Crippen LogP contribution in [0.4, 0.5) is 28.0 Å². The highest BCUT2D eigenvalue weighted by atomic mass is 19.4. The van der Waals surface area contributed by atoms with Gasteiger partial charge in [-0.05, 0) is 31.0 Å². The molecule has 1 aromatic rings. The van der Waals surface area contributed by atoms with Gasteiger partial charge in [0.25, 0.3) is 0 Å². The SMILES string of the molecule is O=C1NC(C(F)(F)F)c2cc(F)ccc2N1C#CC1CC1. The molecule has 0 aromatic heterocycles. The molecule has 2 aliphatic rings. The maximum Gasteiger partial charge on any atom is 0.413 e. The fourth-order valence-corrected chi connectivity index (χ4v) is 2.09. The van der Waals surface area contributed by atoms with Crippen LogP contribution in [0.3, 0.4) is 0 Å². The zero-order valence-corrected chi connectivity index (χ0v) is 10.7. The fraction of sp³-hybridized carbons (Fsp3) is 0.357. The molecule has 1 unspecified atom stereocenters. The van der Waals surface area contributed by atoms with E-state index in [2.05, 4.69) is 12.0 Å². The van der Waals surface area contributed by atoms with E-state index in [1.807, 2.05) is 5.32 Å². The van der Waals surface area contributed by atoms with E-state index in [0.717, 1.165) is 35.9 Å². The van der Waals surface area contributed by atoms with E-state index in [1.54, 1.807) is 0 Å². The van der Waals surface area contributed by atoms with E-state index in [-0.39, 0.29) is 17.2 Å². The first-order valence-corrected chi connectivity index (χ1v) is 6.34. The number of amides is 2. The second-order valence-electron chi connectivity index (χ2n) is 4.99. The number of rotatable bonds is 0. The minimum Gasteiger partial charge on any atom is -0.321 e. The molecule has 1 N–H and O–H groups in total. The fourth-order valence-electron chi connectivity index (χ4n) is 2.09. The Bertz CT molecular complexity index is 655. The maximum absolute atomic E-state index is 13.3. The molecule has 21 heavy (non-hydrogen) atoms. The van der Waals surface area contributed by atoms with Gasteiger partial charge in [0.2, 0.25) is 0 Å². The van der Waals surface area contributed by atoms with Crippen molar-refractivity contribution in [2.75, 3.05) is 4.90 Å². The van der Waals surface area contributed by atoms with Gasteiger partial charge in [-0.1, -0.05) is 5.92 Å². The zero-order chi connectivity index (χ0) is 15.2. The van der Waals surface area contributed by atoms with Crippen LogP contribution in [0.2, 0.25) is 0 Å². The van der Waals surface area contributed by atoms with Crippen molar-refractivity contribution >= 4 is 11.7 Å². The van der Waals surface area contributed by atoms with Crippen LogP contribution in [0.15, 0.2) is 18.2 Å². The highest BCUT2D eigenvalue weighted by Crippen LogP contribution is 2.40. The van der Waals surface area contributed by atoms with Crippen LogP contribution in [0, 0.1) is 23.7 Å². The molecule has 1 fully saturated rings. The number of urea groups is 1. The van der Waals surface area contributed by atoms with Crippen LogP contribution < -0.4 is 10.2 Å². The number of hydrogen-bond acceptors (Lipinski definition) is 1. The second-order valence-corrected chi connectivity index (χ2v) is 4.99. The first-order valence-electron chi connectivity index (χ1n) is 6.34. The smallest absolute Gasteiger partial charge is 0.321 e. The Hall–Kier alpha value is -2.23. The van der Waals surface area contributed by atoms with Crippen molar-refractivity contribution in [3.8, 4) is 12.0 Å². The molecule has 3 rings (SSSR count). The van der Waals surface area contributed by atoms with E-state index in [4.69, 9.17) is 0 Å². The predicted octanol–water partition coefficient (Wildman–Crippen LogP) is 3.33. The molecule has 3 nitrogen and oxygen atoms in total. The van der Waals surface area contributed by atoms with Crippen LogP contribution in [-0.4, -0.2) is 12.2 Å². The Kier molecular flexibility index (Phi) is 3.04. The Labute approximate surface area is 117 Å². The van der Waals surface area contributed by atoms with Crippen molar-refractivity contribution in [3.63, 3.8) is 0 Å². The lowest BCUT2D eigenvalue weighted by Crippen LogP contribution is -2.49. The van der Waals surface area contributed by atoms with E-state index in [0.29, 0.717) is 0 Å². The topological polar surface area (TPSA) is 32.3 Å². The summed E-state index contributed by atoms with van der Waals surface area (Å²) in [6.45, 7) is 0. The molecular weight excluding hydrogens is 288 g/mol. The summed E-state index contributed by atoms with van der Waals surface area (Å²) in [5.41, 5.74) is -0.372. The summed E-state index contributed by atoms with van der Waals surface area (Å²) in [7, 11) is 0. The van der Waals surface area contributed by atoms with Gasteiger partial charge in [-0.2, -0.15) is 13.2 Å². The standard InChI is InChI=1S/C14H10F4N2O/c15-9-3-4-11-10(7-9)12(14(16,17)18)19-13(21)20(11)6-5-8-1-2-8/h3-4,7-8,12H,1-2H2,(H,19,21). The minimum atomic E-state index is -4.70. The number of nitrogens with one attached hydrogen (secondary N) is 1. The van der Waals surface area contributed by atoms with Crippen molar-refractivity contribution in [1.82, 2.24) is 5.32 Å². The van der Waals surface area contributed by atoms with E-state index < -0.39 is 24.1 Å². The van der Waals surface area contributed by atoms with Gasteiger partial charge in [0, 0.05) is 17.5 Å². The monoisotopic (exact) mass is 298 g/mol. The second kappa shape index (κ2) is 4.65. The molecule has 0 bridgehead atoms. The third-order valence-corrected chi connectivity index (χ3v) is 3.30. The van der Waals surface area contributed by atoms with Crippen LogP contribution in [-0.2, 0) is 0 Å². The molecule has 0 spiro atoms. The van der Waals surface area contributed by atoms with Gasteiger partial charge in [0.15, 0.2) is 6.04 Å². The van der Waals surface area contributed by atoms with E-state index >= 15 is 0 Å². The molecule has 7 heteroatoms. The summed E-state index contributed by atoms with van der Waals surface area (Å²) in [4.78, 5) is 12.8. The van der Waals surface area contributed by atoms with E-state index in [9.17, 15) is 22.4 Å². The molecule has 1 saturated carbocycles. The maximum atomic E-state index is 13.3. The molecule has 0 radical (unpaired) electrons. The van der Waals surface area contributed by atoms with Gasteiger partial charge in [-0.25, -0.2) is 14.1 Å². The largest absolute Gasteiger partial charge is 0.413 e. The Morgan fingerprint density at radius 2 is 2.00 bits per heavy atom. The summed E-state index contributed by atoms with van der Waals surface area (Å²) >= 11 is 0. The molecule has 1 aliphatic heterocycles. The Morgan fingerprint density at radius 1 is 1.29 bits per heavy atom. The number of carbonyl (C=O) groups excluding carboxylic acids is 1. The van der Waals surface area contributed by atoms with Gasteiger partial charge in [0.1, 0.15) is 5.82 Å². The van der Waals surface area contributed by atoms with Gasteiger partial charge in [-0.15, -0.1) is 0 Å². The summed E-state index contributed by atoms with van der Waals surface area (Å²) in [6, 6.07) is 2.31. The lowest BCUT2D eigenvalue weighted by atomic mass is 10.0. The van der Waals surface area contributed by atoms with Gasteiger partial charge in [-0.3, -0.25) is 0 Å². The summed E-state index contributed by atoms with van der Waals surface area (Å²) < 4.78 is 52.2.